The van der Waals surface area contributed by atoms with Gasteiger partial charge in [0.25, 0.3) is 5.91 Å². The predicted molar refractivity (Wildman–Crippen MR) is 152 cm³/mol. The molecule has 0 saturated heterocycles. The third-order valence-corrected chi connectivity index (χ3v) is 7.08. The molecule has 2 amide bonds. The van der Waals surface area contributed by atoms with E-state index in [1.165, 1.54) is 59.0 Å². The Morgan fingerprint density at radius 1 is 0.829 bits per heavy atom. The third kappa shape index (κ3) is 6.62. The van der Waals surface area contributed by atoms with Gasteiger partial charge in [0.1, 0.15) is 23.2 Å². The number of aromatic nitrogens is 2. The van der Waals surface area contributed by atoms with E-state index in [2.05, 4.69) is 15.3 Å². The van der Waals surface area contributed by atoms with Gasteiger partial charge in [-0.2, -0.15) is 0 Å². The number of benzene rings is 2. The second-order valence-electron chi connectivity index (χ2n) is 9.54. The zero-order chi connectivity index (χ0) is 29.4. The summed E-state index contributed by atoms with van der Waals surface area (Å²) < 4.78 is 27.7. The van der Waals surface area contributed by atoms with Crippen LogP contribution in [0, 0.1) is 0 Å². The van der Waals surface area contributed by atoms with Gasteiger partial charge < -0.3 is 29.0 Å². The summed E-state index contributed by atoms with van der Waals surface area (Å²) >= 11 is 0. The first-order chi connectivity index (χ1) is 19.9. The first-order valence-electron chi connectivity index (χ1n) is 13.4. The first kappa shape index (κ1) is 29.4. The Morgan fingerprint density at radius 2 is 1.46 bits per heavy atom. The van der Waals surface area contributed by atoms with Crippen molar-refractivity contribution < 1.29 is 33.3 Å². The van der Waals surface area contributed by atoms with Crippen molar-refractivity contribution in [3.63, 3.8) is 0 Å². The molecule has 1 heterocycles. The predicted octanol–water partition coefficient (Wildman–Crippen LogP) is 4.36. The number of ether oxygens (including phenoxy) is 5. The number of nitrogens with zero attached hydrogens (tertiary/aromatic N) is 3. The van der Waals surface area contributed by atoms with Crippen LogP contribution in [0.15, 0.2) is 48.9 Å². The molecule has 11 heteroatoms. The molecule has 1 fully saturated rings. The summed E-state index contributed by atoms with van der Waals surface area (Å²) in [6.45, 7) is 0. The van der Waals surface area contributed by atoms with Crippen molar-refractivity contribution in [3.8, 4) is 28.7 Å². The number of carbonyl (C=O) groups excluding carboxylic acids is 2. The fourth-order valence-corrected chi connectivity index (χ4v) is 5.05. The summed E-state index contributed by atoms with van der Waals surface area (Å²) in [6.07, 6.45) is 9.15. The Kier molecular flexibility index (Phi) is 9.83. The van der Waals surface area contributed by atoms with Gasteiger partial charge in [0, 0.05) is 36.6 Å². The monoisotopic (exact) mass is 564 g/mol. The molecule has 0 bridgehead atoms. The Hall–Kier alpha value is -4.54. The zero-order valence-corrected chi connectivity index (χ0v) is 24.0. The molecular formula is C30H36N4O7. The van der Waals surface area contributed by atoms with Gasteiger partial charge in [-0.15, -0.1) is 0 Å². The molecule has 11 nitrogen and oxygen atoms in total. The fraction of sp³-hybridized carbons (Fsp3) is 0.400. The lowest BCUT2D eigenvalue weighted by atomic mass is 9.94. The van der Waals surface area contributed by atoms with Crippen molar-refractivity contribution in [1.82, 2.24) is 15.3 Å². The molecule has 0 spiro atoms. The number of methoxy groups -OCH3 is 5. The molecule has 2 aromatic carbocycles. The third-order valence-electron chi connectivity index (χ3n) is 7.08. The molecule has 1 saturated carbocycles. The van der Waals surface area contributed by atoms with Crippen LogP contribution in [0.5, 0.6) is 28.7 Å². The summed E-state index contributed by atoms with van der Waals surface area (Å²) in [5.74, 6) is 0.997. The van der Waals surface area contributed by atoms with E-state index >= 15 is 0 Å². The highest BCUT2D eigenvalue weighted by Gasteiger charge is 2.37. The van der Waals surface area contributed by atoms with Crippen LogP contribution in [0.3, 0.4) is 0 Å². The van der Waals surface area contributed by atoms with Crippen molar-refractivity contribution in [2.75, 3.05) is 40.4 Å². The zero-order valence-electron chi connectivity index (χ0n) is 24.0. The highest BCUT2D eigenvalue weighted by molar-refractivity contribution is 6.09. The molecule has 1 N–H and O–H groups in total. The van der Waals surface area contributed by atoms with E-state index in [1.807, 2.05) is 0 Å². The van der Waals surface area contributed by atoms with Crippen LogP contribution >= 0.6 is 0 Å². The van der Waals surface area contributed by atoms with Gasteiger partial charge in [-0.05, 0) is 30.5 Å². The van der Waals surface area contributed by atoms with Gasteiger partial charge in [-0.1, -0.05) is 19.3 Å². The van der Waals surface area contributed by atoms with E-state index in [1.54, 1.807) is 30.3 Å². The minimum Gasteiger partial charge on any atom is -0.497 e. The van der Waals surface area contributed by atoms with Crippen LogP contribution in [0.1, 0.15) is 54.2 Å². The summed E-state index contributed by atoms with van der Waals surface area (Å²) in [6, 6.07) is 7.16. The summed E-state index contributed by atoms with van der Waals surface area (Å²) in [4.78, 5) is 38.3. The van der Waals surface area contributed by atoms with Gasteiger partial charge in [0.05, 0.1) is 47.4 Å². The first-order valence-corrected chi connectivity index (χ1v) is 13.4. The minimum atomic E-state index is -1.17. The maximum Gasteiger partial charge on any atom is 0.279 e. The average molecular weight is 565 g/mol. The lowest BCUT2D eigenvalue weighted by Gasteiger charge is -2.34. The highest BCUT2D eigenvalue weighted by Crippen LogP contribution is 2.43. The SMILES string of the molecule is COc1cc(OC)cc(N(C(=O)c2cnccn2)[C@H](C(=O)NC2CCCCC2)c2cc(OC)c(OC)c(OC)c2)c1. The molecular weight excluding hydrogens is 528 g/mol. The minimum absolute atomic E-state index is 0.0193. The fourth-order valence-electron chi connectivity index (χ4n) is 5.05. The highest BCUT2D eigenvalue weighted by atomic mass is 16.5. The van der Waals surface area contributed by atoms with Gasteiger partial charge in [-0.3, -0.25) is 19.5 Å². The molecule has 1 aliphatic rings. The van der Waals surface area contributed by atoms with Gasteiger partial charge in [-0.25, -0.2) is 4.98 Å². The number of hydrogen-bond donors (Lipinski definition) is 1. The number of amides is 2. The smallest absolute Gasteiger partial charge is 0.279 e. The Labute approximate surface area is 239 Å². The van der Waals surface area contributed by atoms with Crippen LogP contribution in [0.2, 0.25) is 0 Å². The van der Waals surface area contributed by atoms with Crippen molar-refractivity contribution in [3.05, 3.63) is 60.2 Å². The summed E-state index contributed by atoms with van der Waals surface area (Å²) in [5.41, 5.74) is 0.846. The number of hydrogen-bond acceptors (Lipinski definition) is 9. The largest absolute Gasteiger partial charge is 0.497 e. The molecule has 41 heavy (non-hydrogen) atoms. The average Bonchev–Trinajstić information content (AvgIpc) is 3.02. The second kappa shape index (κ2) is 13.7. The van der Waals surface area contributed by atoms with Crippen molar-refractivity contribution >= 4 is 17.5 Å². The molecule has 3 aromatic rings. The maximum absolute atomic E-state index is 14.3. The summed E-state index contributed by atoms with van der Waals surface area (Å²) in [7, 11) is 7.51. The summed E-state index contributed by atoms with van der Waals surface area (Å²) in [5, 5.41) is 3.19. The Balaban J connectivity index is 1.96. The standard InChI is InChI=1S/C30H36N4O7/c1-37-22-15-21(16-23(17-22)38-2)34(30(36)24-18-31-11-12-32-24)27(29(35)33-20-9-7-6-8-10-20)19-13-25(39-3)28(41-5)26(14-19)40-4/h11-18,20,27H,6-10H2,1-5H3,(H,33,35)/t27-/m0/s1. The number of carbonyl (C=O) groups is 2. The second-order valence-corrected chi connectivity index (χ2v) is 9.54. The number of nitrogens with one attached hydrogen (secondary N) is 1. The molecule has 4 rings (SSSR count). The molecule has 218 valence electrons. The van der Waals surface area contributed by atoms with Crippen molar-refractivity contribution in [2.24, 2.45) is 0 Å². The Morgan fingerprint density at radius 3 is 1.98 bits per heavy atom. The van der Waals surface area contributed by atoms with E-state index in [0.717, 1.165) is 32.1 Å². The van der Waals surface area contributed by atoms with E-state index in [9.17, 15) is 9.59 Å². The van der Waals surface area contributed by atoms with Gasteiger partial charge >= 0.3 is 0 Å². The molecule has 1 atom stereocenters. The van der Waals surface area contributed by atoms with E-state index in [-0.39, 0.29) is 17.6 Å². The van der Waals surface area contributed by atoms with Crippen LogP contribution < -0.4 is 33.9 Å². The Bertz CT molecular complexity index is 1300. The lowest BCUT2D eigenvalue weighted by molar-refractivity contribution is -0.123. The van der Waals surface area contributed by atoms with E-state index in [4.69, 9.17) is 23.7 Å². The van der Waals surface area contributed by atoms with Gasteiger partial charge in [0.15, 0.2) is 11.5 Å². The van der Waals surface area contributed by atoms with Crippen LogP contribution in [-0.2, 0) is 4.79 Å². The van der Waals surface area contributed by atoms with Crippen LogP contribution in [0.4, 0.5) is 5.69 Å². The molecule has 0 radical (unpaired) electrons. The van der Waals surface area contributed by atoms with Gasteiger partial charge in [0.2, 0.25) is 11.7 Å². The van der Waals surface area contributed by atoms with Crippen molar-refractivity contribution in [1.29, 1.82) is 0 Å². The van der Waals surface area contributed by atoms with E-state index < -0.39 is 11.9 Å². The molecule has 0 aliphatic heterocycles. The van der Waals surface area contributed by atoms with E-state index in [0.29, 0.717) is 40.0 Å². The number of anilines is 1. The normalized spacial score (nSPS) is 14.0. The quantitative estimate of drug-likeness (QED) is 0.362. The maximum atomic E-state index is 14.3. The van der Waals surface area contributed by atoms with Crippen molar-refractivity contribution in [2.45, 2.75) is 44.2 Å². The topological polar surface area (TPSA) is 121 Å². The van der Waals surface area contributed by atoms with Crippen LogP contribution in [-0.4, -0.2) is 63.4 Å². The molecule has 0 unspecified atom stereocenters. The molecule has 1 aliphatic carbocycles. The number of rotatable bonds is 11. The molecule has 1 aromatic heterocycles. The lowest BCUT2D eigenvalue weighted by Crippen LogP contribution is -2.47. The van der Waals surface area contributed by atoms with Crippen LogP contribution in [0.25, 0.3) is 0 Å².